The number of pyridine rings is 1. The largest absolute Gasteiger partial charge is 0.457 e. The van der Waals surface area contributed by atoms with Crippen LogP contribution in [0.3, 0.4) is 0 Å². The fourth-order valence-electron chi connectivity index (χ4n) is 6.36. The highest BCUT2D eigenvalue weighted by Gasteiger charge is 2.41. The maximum atomic E-state index is 9.63. The summed E-state index contributed by atoms with van der Waals surface area (Å²) >= 11 is 0. The molecule has 1 N–H and O–H groups in total. The van der Waals surface area contributed by atoms with Gasteiger partial charge in [-0.3, -0.25) is 5.41 Å². The molecule has 1 aliphatic rings. The number of fused-ring (bicyclic) bond motifs is 2. The van der Waals surface area contributed by atoms with Crippen LogP contribution in [-0.4, -0.2) is 5.87 Å². The van der Waals surface area contributed by atoms with Crippen LogP contribution in [0.1, 0.15) is 109 Å². The topological polar surface area (TPSA) is 60.8 Å². The van der Waals surface area contributed by atoms with Gasteiger partial charge < -0.3 is 4.74 Å². The Labute approximate surface area is 247 Å². The Hall–Kier alpha value is -3.67. The van der Waals surface area contributed by atoms with E-state index in [-0.39, 0.29) is 11.0 Å². The van der Waals surface area contributed by atoms with E-state index in [0.717, 1.165) is 73.6 Å². The van der Waals surface area contributed by atoms with E-state index in [0.29, 0.717) is 0 Å². The summed E-state index contributed by atoms with van der Waals surface area (Å²) in [6.45, 7) is 10.1. The Morgan fingerprint density at radius 2 is 1.49 bits per heavy atom. The number of nitrogens with one attached hydrogen (secondary N) is 1. The molecule has 41 heavy (non-hydrogen) atoms. The van der Waals surface area contributed by atoms with Gasteiger partial charge in [0, 0.05) is 40.2 Å². The van der Waals surface area contributed by atoms with Crippen molar-refractivity contribution in [3.05, 3.63) is 77.6 Å². The summed E-state index contributed by atoms with van der Waals surface area (Å²) in [7, 11) is 0. The van der Waals surface area contributed by atoms with Crippen LogP contribution in [0.4, 0.5) is 0 Å². The maximum absolute atomic E-state index is 9.63. The summed E-state index contributed by atoms with van der Waals surface area (Å²) in [5, 5.41) is 17.3. The Kier molecular flexibility index (Phi) is 10.6. The number of benzene rings is 2. The number of nitriles is 1. The van der Waals surface area contributed by atoms with Crippen molar-refractivity contribution in [3.8, 4) is 28.7 Å². The van der Waals surface area contributed by atoms with Gasteiger partial charge in [-0.15, -0.1) is 0 Å². The quantitative estimate of drug-likeness (QED) is 0.124. The molecule has 1 aliphatic heterocycles. The van der Waals surface area contributed by atoms with Crippen LogP contribution in [0.5, 0.6) is 11.5 Å². The lowest BCUT2D eigenvalue weighted by molar-refractivity contribution is -0.703. The fourth-order valence-corrected chi connectivity index (χ4v) is 6.36. The maximum Gasteiger partial charge on any atom is 0.169 e. The van der Waals surface area contributed by atoms with E-state index in [4.69, 9.17) is 10.1 Å². The Balaban J connectivity index is 1.77. The lowest BCUT2D eigenvalue weighted by atomic mass is 9.65. The van der Waals surface area contributed by atoms with Crippen LogP contribution in [0.2, 0.25) is 0 Å². The van der Waals surface area contributed by atoms with Crippen molar-refractivity contribution >= 4 is 11.4 Å². The molecule has 0 saturated carbocycles. The van der Waals surface area contributed by atoms with Crippen LogP contribution < -0.4 is 9.30 Å². The predicted molar refractivity (Wildman–Crippen MR) is 168 cm³/mol. The molecule has 0 radical (unpaired) electrons. The highest BCUT2D eigenvalue weighted by atomic mass is 16.5. The van der Waals surface area contributed by atoms with Gasteiger partial charge in [-0.05, 0) is 73.0 Å². The van der Waals surface area contributed by atoms with Crippen molar-refractivity contribution in [1.82, 2.24) is 0 Å². The third kappa shape index (κ3) is 6.64. The van der Waals surface area contributed by atoms with Crippen molar-refractivity contribution in [3.63, 3.8) is 0 Å². The van der Waals surface area contributed by atoms with Crippen LogP contribution in [0, 0.1) is 22.7 Å². The molecule has 2 aromatic carbocycles. The molecular formula is C37H46N3O+. The van der Waals surface area contributed by atoms with E-state index in [2.05, 4.69) is 93.0 Å². The third-order valence-electron chi connectivity index (χ3n) is 8.89. The van der Waals surface area contributed by atoms with Gasteiger partial charge in [0.2, 0.25) is 0 Å². The average Bonchev–Trinajstić information content (AvgIpc) is 3.01. The number of hydrogen-bond acceptors (Lipinski definition) is 3. The summed E-state index contributed by atoms with van der Waals surface area (Å²) in [5.41, 5.74) is 5.56. The molecule has 3 aromatic rings. The fraction of sp³-hybridized carbons (Fsp3) is 0.459. The molecule has 0 bridgehead atoms. The van der Waals surface area contributed by atoms with E-state index >= 15 is 0 Å². The monoisotopic (exact) mass is 548 g/mol. The zero-order valence-corrected chi connectivity index (χ0v) is 25.4. The summed E-state index contributed by atoms with van der Waals surface area (Å²) in [6.07, 6.45) is 16.0. The summed E-state index contributed by atoms with van der Waals surface area (Å²) in [5.74, 6) is 4.84. The zero-order chi connectivity index (χ0) is 29.2. The molecule has 1 aromatic heterocycles. The van der Waals surface area contributed by atoms with Crippen molar-refractivity contribution < 1.29 is 9.30 Å². The van der Waals surface area contributed by atoms with Crippen molar-refractivity contribution in [2.45, 2.75) is 104 Å². The zero-order valence-electron chi connectivity index (χ0n) is 25.4. The molecule has 0 fully saturated rings. The van der Waals surface area contributed by atoms with Crippen LogP contribution >= 0.6 is 0 Å². The van der Waals surface area contributed by atoms with Gasteiger partial charge in [0.25, 0.3) is 0 Å². The van der Waals surface area contributed by atoms with E-state index in [1.807, 2.05) is 12.1 Å². The molecule has 2 heterocycles. The van der Waals surface area contributed by atoms with E-state index in [9.17, 15) is 5.26 Å². The van der Waals surface area contributed by atoms with Crippen molar-refractivity contribution in [2.24, 2.45) is 5.92 Å². The number of aromatic nitrogens is 1. The smallest absolute Gasteiger partial charge is 0.169 e. The number of hydrogen-bond donors (Lipinski definition) is 1. The van der Waals surface area contributed by atoms with Crippen LogP contribution in [0.15, 0.2) is 60.9 Å². The molecule has 0 aliphatic carbocycles. The van der Waals surface area contributed by atoms with Gasteiger partial charge in [-0.2, -0.15) is 5.26 Å². The minimum Gasteiger partial charge on any atom is -0.457 e. The first-order valence-corrected chi connectivity index (χ1v) is 15.7. The Morgan fingerprint density at radius 3 is 2.07 bits per heavy atom. The summed E-state index contributed by atoms with van der Waals surface area (Å²) in [6, 6.07) is 19.3. The first kappa shape index (κ1) is 30.3. The molecule has 4 nitrogen and oxygen atoms in total. The normalized spacial score (nSPS) is 13.7. The Bertz CT molecular complexity index is 1400. The number of rotatable bonds is 14. The second-order valence-electron chi connectivity index (χ2n) is 11.6. The molecule has 214 valence electrons. The SMILES string of the molecule is CCCCC(CC)C[n+]1ccc(-c2ccc3c(c2)C(CCCC)(CCCC)c2cc(C(=C=N)C#N)ccc2O3)cc1. The molecular weight excluding hydrogens is 502 g/mol. The minimum atomic E-state index is -0.216. The van der Waals surface area contributed by atoms with Crippen molar-refractivity contribution in [1.29, 1.82) is 10.7 Å². The minimum absolute atomic E-state index is 0.216. The van der Waals surface area contributed by atoms with Gasteiger partial charge >= 0.3 is 0 Å². The lowest BCUT2D eigenvalue weighted by Gasteiger charge is -2.41. The van der Waals surface area contributed by atoms with Gasteiger partial charge in [0.05, 0.1) is 0 Å². The predicted octanol–water partition coefficient (Wildman–Crippen LogP) is 9.79. The first-order valence-electron chi connectivity index (χ1n) is 15.7. The number of ether oxygens (including phenoxy) is 1. The molecule has 1 atom stereocenters. The Morgan fingerprint density at radius 1 is 0.854 bits per heavy atom. The van der Waals surface area contributed by atoms with Gasteiger partial charge in [-0.25, -0.2) is 4.57 Å². The number of allylic oxidation sites excluding steroid dienone is 1. The third-order valence-corrected chi connectivity index (χ3v) is 8.89. The van der Waals surface area contributed by atoms with Crippen molar-refractivity contribution in [2.75, 3.05) is 0 Å². The second-order valence-corrected chi connectivity index (χ2v) is 11.6. The summed E-state index contributed by atoms with van der Waals surface area (Å²) in [4.78, 5) is 0. The van der Waals surface area contributed by atoms with E-state index in [1.165, 1.54) is 42.4 Å². The van der Waals surface area contributed by atoms with Crippen LogP contribution in [0.25, 0.3) is 16.7 Å². The van der Waals surface area contributed by atoms with Crippen LogP contribution in [-0.2, 0) is 12.0 Å². The van der Waals surface area contributed by atoms with E-state index in [1.54, 1.807) is 0 Å². The second kappa shape index (κ2) is 14.3. The molecule has 1 unspecified atom stereocenters. The first-order chi connectivity index (χ1) is 20.0. The number of unbranched alkanes of at least 4 members (excludes halogenated alkanes) is 3. The molecule has 0 spiro atoms. The van der Waals surface area contributed by atoms with Gasteiger partial charge in [-0.1, -0.05) is 72.3 Å². The standard InChI is InChI=1S/C37H46N3O/c1-5-9-12-28(8-4)27-40-21-17-29(18-22-40)30-13-15-35-33(23-30)37(19-10-6-2,20-11-7-3)34-24-31(32(25-38)26-39)14-16-36(34)41-35/h13-18,21-24,28,38H,5-12,19-20,27H2,1-4H3/q+1. The van der Waals surface area contributed by atoms with E-state index < -0.39 is 0 Å². The highest BCUT2D eigenvalue weighted by molar-refractivity contribution is 5.96. The van der Waals surface area contributed by atoms with Gasteiger partial charge in [0.1, 0.15) is 23.1 Å². The lowest BCUT2D eigenvalue weighted by Crippen LogP contribution is -2.36. The molecule has 4 rings (SSSR count). The molecule has 0 saturated heterocycles. The highest BCUT2D eigenvalue weighted by Crippen LogP contribution is 2.54. The van der Waals surface area contributed by atoms with Gasteiger partial charge in [0.15, 0.2) is 18.9 Å². The summed E-state index contributed by atoms with van der Waals surface area (Å²) < 4.78 is 8.87. The molecule has 0 amide bonds. The molecule has 4 heteroatoms. The number of nitrogens with zero attached hydrogens (tertiary/aromatic N) is 2. The average molecular weight is 549 g/mol.